The third-order valence-corrected chi connectivity index (χ3v) is 1.54. The third-order valence-electron chi connectivity index (χ3n) is 1.54. The molecule has 0 bridgehead atoms. The molecule has 1 fully saturated rings. The van der Waals surface area contributed by atoms with E-state index in [2.05, 4.69) is 16.2 Å². The number of hydrogen-bond acceptors (Lipinski definition) is 2. The zero-order chi connectivity index (χ0) is 6.10. The van der Waals surface area contributed by atoms with E-state index in [1.54, 1.807) is 12.4 Å². The monoisotopic (exact) mass is 119 g/mol. The molecule has 1 aliphatic rings. The highest BCUT2D eigenvalue weighted by molar-refractivity contribution is 5.09. The molecule has 2 rings (SSSR count). The van der Waals surface area contributed by atoms with E-state index in [1.165, 1.54) is 12.8 Å². The summed E-state index contributed by atoms with van der Waals surface area (Å²) < 4.78 is 0. The Bertz CT molecular complexity index is 191. The van der Waals surface area contributed by atoms with Gasteiger partial charge in [0.2, 0.25) is 0 Å². The molecule has 45 valence electrons. The summed E-state index contributed by atoms with van der Waals surface area (Å²) in [5.74, 6) is 0.715. The molecule has 2 nitrogen and oxygen atoms in total. The normalized spacial score (nSPS) is 17.8. The minimum atomic E-state index is 0.715. The van der Waals surface area contributed by atoms with Gasteiger partial charge < -0.3 is 0 Å². The van der Waals surface area contributed by atoms with E-state index in [-0.39, 0.29) is 0 Å². The average molecular weight is 119 g/mol. The molecule has 1 heterocycles. The highest BCUT2D eigenvalue weighted by Crippen LogP contribution is 2.38. The highest BCUT2D eigenvalue weighted by Gasteiger charge is 2.24. The van der Waals surface area contributed by atoms with Gasteiger partial charge in [-0.15, -0.1) is 0 Å². The molecule has 0 amide bonds. The first kappa shape index (κ1) is 4.91. The van der Waals surface area contributed by atoms with Gasteiger partial charge in [-0.05, 0) is 12.8 Å². The van der Waals surface area contributed by atoms with E-state index < -0.39 is 0 Å². The molecule has 0 aromatic carbocycles. The van der Waals surface area contributed by atoms with Crippen LogP contribution >= 0.6 is 0 Å². The summed E-state index contributed by atoms with van der Waals surface area (Å²) in [6, 6.07) is 0. The summed E-state index contributed by atoms with van der Waals surface area (Å²) in [7, 11) is 0. The predicted octanol–water partition coefficient (Wildman–Crippen LogP) is 1.15. The third kappa shape index (κ3) is 0.922. The van der Waals surface area contributed by atoms with E-state index >= 15 is 0 Å². The quantitative estimate of drug-likeness (QED) is 0.554. The Labute approximate surface area is 54.0 Å². The van der Waals surface area contributed by atoms with Crippen LogP contribution in [0.25, 0.3) is 0 Å². The number of aromatic nitrogens is 2. The summed E-state index contributed by atoms with van der Waals surface area (Å²) in [5, 5.41) is 0. The van der Waals surface area contributed by atoms with Gasteiger partial charge in [0.1, 0.15) is 6.20 Å². The molecule has 0 atom stereocenters. The fraction of sp³-hybridized carbons (Fsp3) is 0.429. The van der Waals surface area contributed by atoms with E-state index in [9.17, 15) is 0 Å². The van der Waals surface area contributed by atoms with E-state index in [4.69, 9.17) is 0 Å². The molecule has 1 aliphatic carbocycles. The van der Waals surface area contributed by atoms with Crippen molar-refractivity contribution in [2.24, 2.45) is 0 Å². The maximum atomic E-state index is 4.12. The Kier molecular flexibility index (Phi) is 0.979. The molecule has 1 aromatic heterocycles. The SMILES string of the molecule is [c]1cnc(C2CC2)cn1. The first-order valence-corrected chi connectivity index (χ1v) is 3.15. The second kappa shape index (κ2) is 1.79. The Morgan fingerprint density at radius 1 is 1.56 bits per heavy atom. The van der Waals surface area contributed by atoms with E-state index in [0.29, 0.717) is 5.92 Å². The van der Waals surface area contributed by atoms with Gasteiger partial charge in [-0.3, -0.25) is 9.97 Å². The molecular weight excluding hydrogens is 112 g/mol. The van der Waals surface area contributed by atoms with Crippen LogP contribution in [0.2, 0.25) is 0 Å². The fourth-order valence-corrected chi connectivity index (χ4v) is 0.863. The van der Waals surface area contributed by atoms with Crippen molar-refractivity contribution in [3.05, 3.63) is 24.3 Å². The summed E-state index contributed by atoms with van der Waals surface area (Å²) in [6.07, 6.45) is 8.67. The van der Waals surface area contributed by atoms with E-state index in [1.807, 2.05) is 0 Å². The molecule has 9 heavy (non-hydrogen) atoms. The molecule has 0 saturated heterocycles. The lowest BCUT2D eigenvalue weighted by atomic mass is 10.3. The van der Waals surface area contributed by atoms with Crippen LogP contribution in [-0.4, -0.2) is 9.97 Å². The highest BCUT2D eigenvalue weighted by atomic mass is 14.8. The lowest BCUT2D eigenvalue weighted by Gasteiger charge is -1.89. The van der Waals surface area contributed by atoms with Crippen molar-refractivity contribution in [3.63, 3.8) is 0 Å². The van der Waals surface area contributed by atoms with Gasteiger partial charge in [-0.2, -0.15) is 0 Å². The summed E-state index contributed by atoms with van der Waals surface area (Å²) >= 11 is 0. The van der Waals surface area contributed by atoms with Gasteiger partial charge in [-0.25, -0.2) is 0 Å². The van der Waals surface area contributed by atoms with Crippen LogP contribution in [0.3, 0.4) is 0 Å². The topological polar surface area (TPSA) is 25.8 Å². The maximum absolute atomic E-state index is 4.12. The molecule has 1 aromatic rings. The maximum Gasteiger partial charge on any atom is 0.108 e. The molecular formula is C7H7N2. The lowest BCUT2D eigenvalue weighted by molar-refractivity contribution is 0.985. The molecule has 0 N–H and O–H groups in total. The van der Waals surface area contributed by atoms with Crippen LogP contribution in [0, 0.1) is 6.20 Å². The largest absolute Gasteiger partial charge is 0.257 e. The minimum absolute atomic E-state index is 0.715. The second-order valence-electron chi connectivity index (χ2n) is 2.34. The van der Waals surface area contributed by atoms with Crippen molar-refractivity contribution in [1.29, 1.82) is 0 Å². The summed E-state index contributed by atoms with van der Waals surface area (Å²) in [5.41, 5.74) is 1.13. The van der Waals surface area contributed by atoms with Crippen molar-refractivity contribution in [2.75, 3.05) is 0 Å². The minimum Gasteiger partial charge on any atom is -0.257 e. The van der Waals surface area contributed by atoms with Crippen molar-refractivity contribution >= 4 is 0 Å². The Balaban J connectivity index is 2.29. The Hall–Kier alpha value is -0.920. The van der Waals surface area contributed by atoms with Crippen molar-refractivity contribution in [2.45, 2.75) is 18.8 Å². The number of rotatable bonds is 1. The molecule has 2 heteroatoms. The van der Waals surface area contributed by atoms with E-state index in [0.717, 1.165) is 5.69 Å². The number of nitrogens with zero attached hydrogens (tertiary/aromatic N) is 2. The van der Waals surface area contributed by atoms with Gasteiger partial charge in [0, 0.05) is 12.1 Å². The van der Waals surface area contributed by atoms with Crippen LogP contribution in [0.5, 0.6) is 0 Å². The summed E-state index contributed by atoms with van der Waals surface area (Å²) in [6.45, 7) is 0. The zero-order valence-corrected chi connectivity index (χ0v) is 5.04. The fourth-order valence-electron chi connectivity index (χ4n) is 0.863. The van der Waals surface area contributed by atoms with Gasteiger partial charge in [0.25, 0.3) is 0 Å². The van der Waals surface area contributed by atoms with Crippen LogP contribution < -0.4 is 0 Å². The molecule has 1 radical (unpaired) electrons. The lowest BCUT2D eigenvalue weighted by Crippen LogP contribution is -1.84. The predicted molar refractivity (Wildman–Crippen MR) is 32.8 cm³/mol. The smallest absolute Gasteiger partial charge is 0.108 e. The zero-order valence-electron chi connectivity index (χ0n) is 5.04. The molecule has 0 spiro atoms. The van der Waals surface area contributed by atoms with Crippen molar-refractivity contribution in [3.8, 4) is 0 Å². The van der Waals surface area contributed by atoms with Crippen molar-refractivity contribution in [1.82, 2.24) is 9.97 Å². The first-order valence-electron chi connectivity index (χ1n) is 3.15. The number of hydrogen-bond donors (Lipinski definition) is 0. The van der Waals surface area contributed by atoms with Crippen LogP contribution in [0.4, 0.5) is 0 Å². The molecule has 0 unspecified atom stereocenters. The van der Waals surface area contributed by atoms with Crippen molar-refractivity contribution < 1.29 is 0 Å². The van der Waals surface area contributed by atoms with Gasteiger partial charge in [-0.1, -0.05) is 0 Å². The van der Waals surface area contributed by atoms with Crippen LogP contribution in [0.15, 0.2) is 12.4 Å². The van der Waals surface area contributed by atoms with Gasteiger partial charge in [0.05, 0.1) is 11.9 Å². The average Bonchev–Trinajstić information content (AvgIpc) is 2.71. The standard InChI is InChI=1S/C7H7N2/c1-2-6(1)7-5-8-3-4-9-7/h4-6H,1-2H2. The summed E-state index contributed by atoms with van der Waals surface area (Å²) in [4.78, 5) is 7.98. The first-order chi connectivity index (χ1) is 4.47. The van der Waals surface area contributed by atoms with Gasteiger partial charge >= 0.3 is 0 Å². The van der Waals surface area contributed by atoms with Gasteiger partial charge in [0.15, 0.2) is 0 Å². The van der Waals surface area contributed by atoms with Crippen LogP contribution in [-0.2, 0) is 0 Å². The second-order valence-corrected chi connectivity index (χ2v) is 2.34. The van der Waals surface area contributed by atoms with Crippen LogP contribution in [0.1, 0.15) is 24.5 Å². The molecule has 1 saturated carbocycles. The Morgan fingerprint density at radius 2 is 2.44 bits per heavy atom. The Morgan fingerprint density at radius 3 is 3.00 bits per heavy atom. The molecule has 0 aliphatic heterocycles.